The van der Waals surface area contributed by atoms with Crippen LogP contribution in [0.3, 0.4) is 0 Å². The number of H-pyrrole nitrogens is 1. The van der Waals surface area contributed by atoms with Crippen molar-refractivity contribution in [3.8, 4) is 0 Å². The van der Waals surface area contributed by atoms with Crippen LogP contribution in [0.5, 0.6) is 0 Å². The molecule has 0 bridgehead atoms. The molecule has 1 aliphatic rings. The number of nitrogens with one attached hydrogen (secondary N) is 3. The van der Waals surface area contributed by atoms with Crippen molar-refractivity contribution in [1.82, 2.24) is 15.3 Å². The summed E-state index contributed by atoms with van der Waals surface area (Å²) in [6.07, 6.45) is -0.548. The molecule has 0 atom stereocenters. The average molecular weight is 646 g/mol. The van der Waals surface area contributed by atoms with Gasteiger partial charge in [0.05, 0.1) is 54.4 Å². The summed E-state index contributed by atoms with van der Waals surface area (Å²) in [4.78, 5) is 56.3. The monoisotopic (exact) mass is 645 g/mol. The molecule has 2 heterocycles. The first-order valence-electron chi connectivity index (χ1n) is 13.7. The Morgan fingerprint density at radius 3 is 2.04 bits per heavy atom. The smallest absolute Gasteiger partial charge is 0.413 e. The summed E-state index contributed by atoms with van der Waals surface area (Å²) in [6.45, 7) is 3.29. The van der Waals surface area contributed by atoms with Crippen LogP contribution in [-0.2, 0) is 23.8 Å². The zero-order chi connectivity index (χ0) is 33.4. The van der Waals surface area contributed by atoms with Crippen LogP contribution >= 0.6 is 11.8 Å². The van der Waals surface area contributed by atoms with Gasteiger partial charge in [-0.25, -0.2) is 19.4 Å². The molecule has 3 aromatic carbocycles. The highest BCUT2D eigenvalue weighted by Gasteiger charge is 2.40. The van der Waals surface area contributed by atoms with Crippen molar-refractivity contribution >= 4 is 52.5 Å². The van der Waals surface area contributed by atoms with Gasteiger partial charge >= 0.3 is 18.0 Å². The maximum atomic E-state index is 12.3. The molecule has 13 nitrogen and oxygen atoms in total. The van der Waals surface area contributed by atoms with Crippen LogP contribution in [0.4, 0.5) is 16.4 Å². The van der Waals surface area contributed by atoms with Gasteiger partial charge < -0.3 is 24.5 Å². The van der Waals surface area contributed by atoms with Gasteiger partial charge in [-0.3, -0.25) is 15.4 Å². The maximum Gasteiger partial charge on any atom is 0.413 e. The van der Waals surface area contributed by atoms with Crippen molar-refractivity contribution < 1.29 is 33.5 Å². The van der Waals surface area contributed by atoms with Crippen LogP contribution in [0.2, 0.25) is 0 Å². The molecule has 0 aliphatic carbocycles. The normalized spacial score (nSPS) is 12.9. The van der Waals surface area contributed by atoms with Gasteiger partial charge in [-0.15, -0.1) is 0 Å². The number of hydrogen-bond donors (Lipinski definition) is 3. The highest BCUT2D eigenvalue weighted by molar-refractivity contribution is 7.99. The van der Waals surface area contributed by atoms with E-state index in [1.54, 1.807) is 31.7 Å². The first-order chi connectivity index (χ1) is 22.1. The molecule has 238 valence electrons. The number of esters is 2. The molecule has 0 spiro atoms. The number of rotatable bonds is 7. The van der Waals surface area contributed by atoms with Crippen LogP contribution in [0.15, 0.2) is 105 Å². The number of nitrogens with zero attached hydrogens (tertiary/aromatic N) is 2. The Bertz CT molecular complexity index is 1810. The van der Waals surface area contributed by atoms with Gasteiger partial charge in [-0.05, 0) is 44.2 Å². The van der Waals surface area contributed by atoms with Crippen LogP contribution in [-0.4, -0.2) is 54.3 Å². The van der Waals surface area contributed by atoms with E-state index in [-0.39, 0.29) is 22.4 Å². The SMILES string of the molecule is COC(=O)C1=C(C)NC(C)=C(C(=O)OC)C1c1ccccc1[N+](=O)[O-].COC(=O)Nc1nc2ccc(Sc3ccccc3)cc2[nH]1. The number of benzene rings is 3. The fraction of sp³-hybridized carbons (Fsp3) is 0.188. The Labute approximate surface area is 268 Å². The number of allylic oxidation sites excluding steroid dienone is 2. The second kappa shape index (κ2) is 14.9. The third kappa shape index (κ3) is 7.53. The lowest BCUT2D eigenvalue weighted by molar-refractivity contribution is -0.385. The largest absolute Gasteiger partial charge is 0.466 e. The van der Waals surface area contributed by atoms with E-state index in [9.17, 15) is 24.5 Å². The Hall–Kier alpha value is -5.63. The summed E-state index contributed by atoms with van der Waals surface area (Å²) < 4.78 is 14.2. The minimum atomic E-state index is -0.970. The molecule has 0 unspecified atom stereocenters. The number of aromatic amines is 1. The number of amides is 1. The Morgan fingerprint density at radius 2 is 1.46 bits per heavy atom. The minimum absolute atomic E-state index is 0.128. The minimum Gasteiger partial charge on any atom is -0.466 e. The molecular weight excluding hydrogens is 614 g/mol. The third-order valence-corrected chi connectivity index (χ3v) is 7.85. The summed E-state index contributed by atoms with van der Waals surface area (Å²) in [6, 6.07) is 22.0. The molecule has 0 saturated heterocycles. The predicted molar refractivity (Wildman–Crippen MR) is 171 cm³/mol. The standard InChI is InChI=1S/C17H18N2O6.C15H13N3O2S/c1-9-13(16(20)24-3)15(14(10(2)18-9)17(21)25-4)11-7-5-6-8-12(11)19(22)23;1-20-15(19)18-14-16-12-8-7-11(9-13(12)17-14)21-10-5-3-2-4-6-10/h5-8,15,18H,1-4H3;2-9H,1H3,(H2,16,17,18,19). The van der Waals surface area contributed by atoms with E-state index in [1.165, 1.54) is 44.4 Å². The van der Waals surface area contributed by atoms with E-state index >= 15 is 0 Å². The molecule has 14 heteroatoms. The first-order valence-corrected chi connectivity index (χ1v) is 14.6. The topological polar surface area (TPSA) is 175 Å². The average Bonchev–Trinajstić information content (AvgIpc) is 3.45. The van der Waals surface area contributed by atoms with E-state index in [1.807, 2.05) is 36.4 Å². The summed E-state index contributed by atoms with van der Waals surface area (Å²) in [5, 5.41) is 16.9. The molecule has 46 heavy (non-hydrogen) atoms. The van der Waals surface area contributed by atoms with Crippen molar-refractivity contribution in [3.63, 3.8) is 0 Å². The van der Waals surface area contributed by atoms with E-state index in [0.29, 0.717) is 17.3 Å². The number of methoxy groups -OCH3 is 3. The highest BCUT2D eigenvalue weighted by Crippen LogP contribution is 2.42. The summed E-state index contributed by atoms with van der Waals surface area (Å²) in [5.41, 5.74) is 2.85. The predicted octanol–water partition coefficient (Wildman–Crippen LogP) is 6.07. The molecule has 0 fully saturated rings. The Morgan fingerprint density at radius 1 is 0.848 bits per heavy atom. The quantitative estimate of drug-likeness (QED) is 0.0921. The Balaban J connectivity index is 0.000000211. The fourth-order valence-electron chi connectivity index (χ4n) is 4.85. The second-order valence-corrected chi connectivity index (χ2v) is 10.9. The molecule has 1 aromatic heterocycles. The number of imidazole rings is 1. The number of carbonyl (C=O) groups excluding carboxylic acids is 3. The zero-order valence-electron chi connectivity index (χ0n) is 25.6. The van der Waals surface area contributed by atoms with Crippen molar-refractivity contribution in [2.24, 2.45) is 0 Å². The summed E-state index contributed by atoms with van der Waals surface area (Å²) in [5.74, 6) is -1.95. The number of carbonyl (C=O) groups is 3. The zero-order valence-corrected chi connectivity index (χ0v) is 26.4. The van der Waals surface area contributed by atoms with Gasteiger partial charge in [0.2, 0.25) is 5.95 Å². The van der Waals surface area contributed by atoms with Crippen molar-refractivity contribution in [3.05, 3.63) is 111 Å². The lowest BCUT2D eigenvalue weighted by atomic mass is 9.79. The molecule has 4 aromatic rings. The van der Waals surface area contributed by atoms with Crippen LogP contribution in [0.25, 0.3) is 11.0 Å². The van der Waals surface area contributed by atoms with E-state index < -0.39 is 28.9 Å². The van der Waals surface area contributed by atoms with Crippen molar-refractivity contribution in [1.29, 1.82) is 0 Å². The third-order valence-electron chi connectivity index (χ3n) is 6.85. The van der Waals surface area contributed by atoms with Crippen LogP contribution < -0.4 is 10.6 Å². The molecule has 0 radical (unpaired) electrons. The molecule has 1 amide bonds. The molecule has 5 rings (SSSR count). The van der Waals surface area contributed by atoms with Crippen molar-refractivity contribution in [2.75, 3.05) is 26.6 Å². The molecule has 1 aliphatic heterocycles. The van der Waals surface area contributed by atoms with Gasteiger partial charge in [0.1, 0.15) is 0 Å². The summed E-state index contributed by atoms with van der Waals surface area (Å²) in [7, 11) is 3.73. The van der Waals surface area contributed by atoms with Gasteiger partial charge in [0, 0.05) is 32.8 Å². The molecular formula is C32H31N5O8S. The number of hydrogen-bond acceptors (Lipinski definition) is 11. The second-order valence-electron chi connectivity index (χ2n) is 9.73. The van der Waals surface area contributed by atoms with Crippen LogP contribution in [0.1, 0.15) is 25.3 Å². The highest BCUT2D eigenvalue weighted by atomic mass is 32.2. The van der Waals surface area contributed by atoms with Gasteiger partial charge in [0.15, 0.2) is 0 Å². The lowest BCUT2D eigenvalue weighted by Gasteiger charge is -2.29. The lowest BCUT2D eigenvalue weighted by Crippen LogP contribution is -2.32. The van der Waals surface area contributed by atoms with Gasteiger partial charge in [-0.2, -0.15) is 0 Å². The number of nitro groups is 1. The number of anilines is 1. The maximum absolute atomic E-state index is 12.3. The number of ether oxygens (including phenoxy) is 3. The van der Waals surface area contributed by atoms with E-state index in [2.05, 4.69) is 37.5 Å². The fourth-order valence-corrected chi connectivity index (χ4v) is 5.73. The summed E-state index contributed by atoms with van der Waals surface area (Å²) >= 11 is 1.67. The van der Waals surface area contributed by atoms with Gasteiger partial charge in [-0.1, -0.05) is 48.2 Å². The van der Waals surface area contributed by atoms with Gasteiger partial charge in [0.25, 0.3) is 5.69 Å². The number of dihydropyridines is 1. The molecule has 3 N–H and O–H groups in total. The van der Waals surface area contributed by atoms with Crippen LogP contribution in [0, 0.1) is 10.1 Å². The van der Waals surface area contributed by atoms with Crippen molar-refractivity contribution in [2.45, 2.75) is 29.6 Å². The molecule has 0 saturated carbocycles. The number of fused-ring (bicyclic) bond motifs is 1. The number of para-hydroxylation sites is 1. The number of aromatic nitrogens is 2. The number of nitro benzene ring substituents is 1. The first kappa shape index (κ1) is 33.3. The van der Waals surface area contributed by atoms with E-state index in [4.69, 9.17) is 9.47 Å². The van der Waals surface area contributed by atoms with E-state index in [0.717, 1.165) is 15.9 Å². The Kier molecular flexibility index (Phi) is 10.8.